The second-order valence-electron chi connectivity index (χ2n) is 7.72. The number of fused-ring (bicyclic) bond motifs is 5. The molecular weight excluding hydrogens is 340 g/mol. The lowest BCUT2D eigenvalue weighted by molar-refractivity contribution is -0.0213. The average Bonchev–Trinajstić information content (AvgIpc) is 2.77. The van der Waals surface area contributed by atoms with Crippen molar-refractivity contribution in [2.24, 2.45) is 17.3 Å². The minimum absolute atomic E-state index is 0.110. The van der Waals surface area contributed by atoms with Gasteiger partial charge < -0.3 is 9.84 Å². The highest BCUT2D eigenvalue weighted by Crippen LogP contribution is 2.61. The molecule has 3 aliphatic rings. The van der Waals surface area contributed by atoms with E-state index in [1.807, 2.05) is 0 Å². The number of alkyl halides is 1. The smallest absolute Gasteiger partial charge is 0.119 e. The van der Waals surface area contributed by atoms with Gasteiger partial charge in [-0.2, -0.15) is 0 Å². The first-order chi connectivity index (χ1) is 10.5. The van der Waals surface area contributed by atoms with Crippen molar-refractivity contribution in [1.29, 1.82) is 0 Å². The molecule has 2 saturated carbocycles. The number of ether oxygens (including phenoxy) is 1. The molecule has 0 amide bonds. The van der Waals surface area contributed by atoms with Gasteiger partial charge in [0.1, 0.15) is 5.75 Å². The van der Waals surface area contributed by atoms with Crippen molar-refractivity contribution in [3.8, 4) is 5.75 Å². The van der Waals surface area contributed by atoms with Gasteiger partial charge in [-0.1, -0.05) is 28.9 Å². The fraction of sp³-hybridized carbons (Fsp3) is 0.684. The van der Waals surface area contributed by atoms with E-state index in [0.29, 0.717) is 11.8 Å². The normalized spacial score (nSPS) is 43.2. The highest BCUT2D eigenvalue weighted by atomic mass is 79.9. The number of aryl methyl sites for hydroxylation is 1. The summed E-state index contributed by atoms with van der Waals surface area (Å²) in [6, 6.07) is 6.65. The third-order valence-electron chi connectivity index (χ3n) is 6.87. The van der Waals surface area contributed by atoms with Crippen LogP contribution in [0.4, 0.5) is 0 Å². The fourth-order valence-corrected chi connectivity index (χ4v) is 6.64. The molecule has 2 nitrogen and oxygen atoms in total. The van der Waals surface area contributed by atoms with Crippen LogP contribution in [0, 0.1) is 17.3 Å². The van der Waals surface area contributed by atoms with Gasteiger partial charge in [-0.15, -0.1) is 0 Å². The summed E-state index contributed by atoms with van der Waals surface area (Å²) in [7, 11) is 1.75. The largest absolute Gasteiger partial charge is 0.497 e. The quantitative estimate of drug-likeness (QED) is 0.753. The molecule has 0 radical (unpaired) electrons. The number of aliphatic hydroxyl groups excluding tert-OH is 1. The van der Waals surface area contributed by atoms with Crippen molar-refractivity contribution in [2.75, 3.05) is 7.11 Å². The topological polar surface area (TPSA) is 29.5 Å². The van der Waals surface area contributed by atoms with Crippen LogP contribution in [0.15, 0.2) is 18.2 Å². The zero-order valence-corrected chi connectivity index (χ0v) is 15.0. The van der Waals surface area contributed by atoms with Gasteiger partial charge in [0.25, 0.3) is 0 Å². The molecule has 2 fully saturated rings. The van der Waals surface area contributed by atoms with Crippen LogP contribution in [0.3, 0.4) is 0 Å². The van der Waals surface area contributed by atoms with Crippen molar-refractivity contribution in [3.63, 3.8) is 0 Å². The Morgan fingerprint density at radius 1 is 1.32 bits per heavy atom. The second-order valence-corrected chi connectivity index (χ2v) is 8.90. The van der Waals surface area contributed by atoms with E-state index < -0.39 is 0 Å². The Kier molecular flexibility index (Phi) is 3.58. The van der Waals surface area contributed by atoms with Gasteiger partial charge in [-0.3, -0.25) is 0 Å². The van der Waals surface area contributed by atoms with Crippen molar-refractivity contribution in [1.82, 2.24) is 0 Å². The van der Waals surface area contributed by atoms with E-state index in [1.165, 1.54) is 18.4 Å². The van der Waals surface area contributed by atoms with Crippen molar-refractivity contribution in [3.05, 3.63) is 29.3 Å². The maximum absolute atomic E-state index is 10.6. The highest BCUT2D eigenvalue weighted by molar-refractivity contribution is 9.09. The van der Waals surface area contributed by atoms with Crippen LogP contribution in [0.25, 0.3) is 0 Å². The van der Waals surface area contributed by atoms with E-state index in [2.05, 4.69) is 41.1 Å². The van der Waals surface area contributed by atoms with Gasteiger partial charge in [0.05, 0.1) is 13.2 Å². The number of rotatable bonds is 1. The molecule has 0 aromatic heterocycles. The Morgan fingerprint density at radius 2 is 2.14 bits per heavy atom. The van der Waals surface area contributed by atoms with Gasteiger partial charge in [0, 0.05) is 4.83 Å². The van der Waals surface area contributed by atoms with Crippen LogP contribution in [0.1, 0.15) is 49.7 Å². The number of hydrogen-bond acceptors (Lipinski definition) is 2. The van der Waals surface area contributed by atoms with E-state index in [1.54, 1.807) is 12.7 Å². The third kappa shape index (κ3) is 2.01. The summed E-state index contributed by atoms with van der Waals surface area (Å²) in [4.78, 5) is 0.276. The maximum atomic E-state index is 10.6. The van der Waals surface area contributed by atoms with E-state index in [-0.39, 0.29) is 16.3 Å². The molecule has 1 aromatic rings. The summed E-state index contributed by atoms with van der Waals surface area (Å²) in [6.45, 7) is 2.32. The molecule has 0 bridgehead atoms. The first kappa shape index (κ1) is 15.0. The fourth-order valence-electron chi connectivity index (χ4n) is 5.63. The van der Waals surface area contributed by atoms with Crippen molar-refractivity contribution < 1.29 is 9.84 Å². The lowest BCUT2D eigenvalue weighted by Crippen LogP contribution is -2.44. The molecule has 4 rings (SSSR count). The zero-order chi connectivity index (χ0) is 15.5. The Morgan fingerprint density at radius 3 is 2.91 bits per heavy atom. The Labute approximate surface area is 141 Å². The second kappa shape index (κ2) is 5.24. The van der Waals surface area contributed by atoms with Crippen molar-refractivity contribution >= 4 is 15.9 Å². The van der Waals surface area contributed by atoms with Gasteiger partial charge in [-0.25, -0.2) is 0 Å². The molecular formula is C19H25BrO2. The van der Waals surface area contributed by atoms with Crippen LogP contribution in [-0.4, -0.2) is 23.1 Å². The Hall–Kier alpha value is -0.540. The Bertz CT molecular complexity index is 587. The van der Waals surface area contributed by atoms with Crippen LogP contribution >= 0.6 is 15.9 Å². The maximum Gasteiger partial charge on any atom is 0.119 e. The summed E-state index contributed by atoms with van der Waals surface area (Å²) < 4.78 is 5.39. The SMILES string of the molecule is COc1ccc2c(c1)CC[C@@H]1[C@@H]2CC[C@]2(C)[C@@H](O)[C@H](Br)C[C@@H]12. The first-order valence-electron chi connectivity index (χ1n) is 8.53. The van der Waals surface area contributed by atoms with Crippen LogP contribution in [0.5, 0.6) is 5.75 Å². The molecule has 1 N–H and O–H groups in total. The summed E-state index contributed by atoms with van der Waals surface area (Å²) in [5, 5.41) is 10.6. The minimum Gasteiger partial charge on any atom is -0.497 e. The minimum atomic E-state index is -0.185. The molecule has 3 aliphatic carbocycles. The molecule has 0 saturated heterocycles. The number of methoxy groups -OCH3 is 1. The predicted octanol–water partition coefficient (Wildman–Crippen LogP) is 4.29. The summed E-state index contributed by atoms with van der Waals surface area (Å²) in [6.07, 6.45) is 5.72. The van der Waals surface area contributed by atoms with E-state index in [9.17, 15) is 5.11 Å². The van der Waals surface area contributed by atoms with Gasteiger partial charge in [0.15, 0.2) is 0 Å². The molecule has 0 aliphatic heterocycles. The highest BCUT2D eigenvalue weighted by Gasteiger charge is 2.57. The van der Waals surface area contributed by atoms with Gasteiger partial charge >= 0.3 is 0 Å². The number of aliphatic hydroxyl groups is 1. The van der Waals surface area contributed by atoms with Gasteiger partial charge in [-0.05, 0) is 78.5 Å². The van der Waals surface area contributed by atoms with Crippen LogP contribution in [-0.2, 0) is 6.42 Å². The summed E-state index contributed by atoms with van der Waals surface area (Å²) in [5.41, 5.74) is 3.14. The molecule has 22 heavy (non-hydrogen) atoms. The Balaban J connectivity index is 1.69. The van der Waals surface area contributed by atoms with E-state index >= 15 is 0 Å². The summed E-state index contributed by atoms with van der Waals surface area (Å²) >= 11 is 3.73. The standard InChI is InChI=1S/C19H25BrO2/c1-19-8-7-14-13-6-4-12(22-2)9-11(13)3-5-15(14)16(19)10-17(20)18(19)21/h4,6,9,14-18,21H,3,5,7-8,10H2,1-2H3/t14-,15-,16+,17-,18+,19+/m1/s1. The number of hydrogen-bond donors (Lipinski definition) is 1. The molecule has 0 spiro atoms. The lowest BCUT2D eigenvalue weighted by atomic mass is 9.55. The van der Waals surface area contributed by atoms with E-state index in [0.717, 1.165) is 30.9 Å². The van der Waals surface area contributed by atoms with Crippen molar-refractivity contribution in [2.45, 2.75) is 55.9 Å². The molecule has 0 unspecified atom stereocenters. The number of halogens is 1. The van der Waals surface area contributed by atoms with Crippen LogP contribution in [0.2, 0.25) is 0 Å². The zero-order valence-electron chi connectivity index (χ0n) is 13.4. The summed E-state index contributed by atoms with van der Waals surface area (Å²) in [5.74, 6) is 3.05. The third-order valence-corrected chi connectivity index (χ3v) is 7.74. The van der Waals surface area contributed by atoms with E-state index in [4.69, 9.17) is 4.74 Å². The lowest BCUT2D eigenvalue weighted by Gasteiger charge is -2.50. The molecule has 1 aromatic carbocycles. The van der Waals surface area contributed by atoms with Crippen LogP contribution < -0.4 is 4.74 Å². The van der Waals surface area contributed by atoms with Gasteiger partial charge in [0.2, 0.25) is 0 Å². The first-order valence-corrected chi connectivity index (χ1v) is 9.45. The number of benzene rings is 1. The molecule has 120 valence electrons. The average molecular weight is 365 g/mol. The molecule has 6 atom stereocenters. The monoisotopic (exact) mass is 364 g/mol. The predicted molar refractivity (Wildman–Crippen MR) is 91.7 cm³/mol. The molecule has 0 heterocycles. The molecule has 3 heteroatoms.